The zero-order valence-corrected chi connectivity index (χ0v) is 13.3. The number of aromatic carboxylic acids is 1. The minimum absolute atomic E-state index is 0.0845. The van der Waals surface area contributed by atoms with Gasteiger partial charge in [-0.05, 0) is 18.6 Å². The first kappa shape index (κ1) is 15.5. The maximum atomic E-state index is 11.5. The van der Waals surface area contributed by atoms with Crippen molar-refractivity contribution in [2.24, 2.45) is 0 Å². The summed E-state index contributed by atoms with van der Waals surface area (Å²) < 4.78 is 1.86. The molecule has 122 valence electrons. The number of rotatable bonds is 3. The van der Waals surface area contributed by atoms with E-state index in [2.05, 4.69) is 9.88 Å². The van der Waals surface area contributed by atoms with Gasteiger partial charge in [-0.15, -0.1) is 0 Å². The number of aryl methyl sites for hydroxylation is 1. The Kier molecular flexibility index (Phi) is 4.04. The molecule has 3 heterocycles. The standard InChI is InChI=1S/C16H20N4O3/c1-11-4-3-5-20-13(14(16(22)23)17-15(11)20)10-18-6-8-19(9-7-18)12(2)21/h3-5H,6-10H2,1-2H3,(H,22,23). The number of hydrogen-bond donors (Lipinski definition) is 1. The van der Waals surface area contributed by atoms with Crippen LogP contribution in [0.5, 0.6) is 0 Å². The molecule has 1 aliphatic heterocycles. The van der Waals surface area contributed by atoms with Gasteiger partial charge < -0.3 is 14.4 Å². The van der Waals surface area contributed by atoms with Crippen molar-refractivity contribution in [3.05, 3.63) is 35.3 Å². The van der Waals surface area contributed by atoms with Crippen LogP contribution in [-0.2, 0) is 11.3 Å². The average Bonchev–Trinajstić information content (AvgIpc) is 2.88. The maximum absolute atomic E-state index is 11.5. The summed E-state index contributed by atoms with van der Waals surface area (Å²) in [5.74, 6) is -0.924. The van der Waals surface area contributed by atoms with Gasteiger partial charge in [-0.2, -0.15) is 0 Å². The molecule has 3 rings (SSSR count). The second kappa shape index (κ2) is 6.00. The van der Waals surface area contributed by atoms with Gasteiger partial charge in [-0.25, -0.2) is 9.78 Å². The van der Waals surface area contributed by atoms with E-state index >= 15 is 0 Å². The van der Waals surface area contributed by atoms with Gasteiger partial charge in [0.25, 0.3) is 0 Å². The number of imidazole rings is 1. The number of carboxylic acid groups (broad SMARTS) is 1. The van der Waals surface area contributed by atoms with E-state index in [9.17, 15) is 14.7 Å². The van der Waals surface area contributed by atoms with Crippen molar-refractivity contribution in [2.45, 2.75) is 20.4 Å². The van der Waals surface area contributed by atoms with E-state index in [1.54, 1.807) is 6.92 Å². The Balaban J connectivity index is 1.88. The Morgan fingerprint density at radius 3 is 2.57 bits per heavy atom. The van der Waals surface area contributed by atoms with E-state index in [1.807, 2.05) is 34.6 Å². The third kappa shape index (κ3) is 2.92. The smallest absolute Gasteiger partial charge is 0.356 e. The minimum Gasteiger partial charge on any atom is -0.476 e. The zero-order chi connectivity index (χ0) is 16.6. The molecule has 0 saturated carbocycles. The van der Waals surface area contributed by atoms with E-state index in [0.29, 0.717) is 31.0 Å². The van der Waals surface area contributed by atoms with Crippen LogP contribution in [0.4, 0.5) is 0 Å². The van der Waals surface area contributed by atoms with Crippen molar-refractivity contribution in [1.29, 1.82) is 0 Å². The molecule has 0 radical (unpaired) electrons. The third-order valence-electron chi connectivity index (χ3n) is 4.34. The van der Waals surface area contributed by atoms with Crippen LogP contribution in [-0.4, -0.2) is 62.3 Å². The highest BCUT2D eigenvalue weighted by Gasteiger charge is 2.24. The molecule has 0 unspecified atom stereocenters. The minimum atomic E-state index is -1.01. The average molecular weight is 316 g/mol. The number of aromatic nitrogens is 2. The van der Waals surface area contributed by atoms with Crippen LogP contribution in [0.2, 0.25) is 0 Å². The summed E-state index contributed by atoms with van der Waals surface area (Å²) in [6.07, 6.45) is 1.85. The first-order valence-electron chi connectivity index (χ1n) is 7.65. The number of carbonyl (C=O) groups is 2. The summed E-state index contributed by atoms with van der Waals surface area (Å²) in [5.41, 5.74) is 2.42. The zero-order valence-electron chi connectivity index (χ0n) is 13.3. The second-order valence-corrected chi connectivity index (χ2v) is 5.88. The summed E-state index contributed by atoms with van der Waals surface area (Å²) in [6, 6.07) is 3.82. The lowest BCUT2D eigenvalue weighted by atomic mass is 10.2. The van der Waals surface area contributed by atoms with Crippen LogP contribution in [0.25, 0.3) is 5.65 Å². The molecule has 7 nitrogen and oxygen atoms in total. The van der Waals surface area contributed by atoms with Crippen LogP contribution in [0, 0.1) is 6.92 Å². The van der Waals surface area contributed by atoms with Gasteiger partial charge in [0.15, 0.2) is 5.69 Å². The van der Waals surface area contributed by atoms with Gasteiger partial charge in [-0.1, -0.05) is 6.07 Å². The molecule has 1 amide bonds. The predicted octanol–water partition coefficient (Wildman–Crippen LogP) is 1.01. The molecule has 1 N–H and O–H groups in total. The summed E-state index contributed by atoms with van der Waals surface area (Å²) >= 11 is 0. The van der Waals surface area contributed by atoms with Crippen molar-refractivity contribution in [2.75, 3.05) is 26.2 Å². The summed E-state index contributed by atoms with van der Waals surface area (Å²) in [7, 11) is 0. The van der Waals surface area contributed by atoms with E-state index in [-0.39, 0.29) is 11.6 Å². The lowest BCUT2D eigenvalue weighted by Crippen LogP contribution is -2.47. The molecule has 0 aromatic carbocycles. The second-order valence-electron chi connectivity index (χ2n) is 5.88. The van der Waals surface area contributed by atoms with Gasteiger partial charge in [0.1, 0.15) is 5.65 Å². The fourth-order valence-electron chi connectivity index (χ4n) is 3.01. The number of piperazine rings is 1. The summed E-state index contributed by atoms with van der Waals surface area (Å²) in [4.78, 5) is 31.2. The maximum Gasteiger partial charge on any atom is 0.356 e. The molecule has 23 heavy (non-hydrogen) atoms. The number of amides is 1. The lowest BCUT2D eigenvalue weighted by Gasteiger charge is -2.34. The SMILES string of the molecule is CC(=O)N1CCN(Cc2c(C(=O)O)nc3c(C)cccn23)CC1. The van der Waals surface area contributed by atoms with Crippen molar-refractivity contribution in [1.82, 2.24) is 19.2 Å². The van der Waals surface area contributed by atoms with Crippen molar-refractivity contribution in [3.8, 4) is 0 Å². The number of pyridine rings is 1. The molecular weight excluding hydrogens is 296 g/mol. The van der Waals surface area contributed by atoms with E-state index in [4.69, 9.17) is 0 Å². The summed E-state index contributed by atoms with van der Waals surface area (Å²) in [5, 5.41) is 9.45. The topological polar surface area (TPSA) is 78.2 Å². The van der Waals surface area contributed by atoms with E-state index in [0.717, 1.165) is 18.7 Å². The highest BCUT2D eigenvalue weighted by atomic mass is 16.4. The monoisotopic (exact) mass is 316 g/mol. The number of fused-ring (bicyclic) bond motifs is 1. The Morgan fingerprint density at radius 2 is 1.96 bits per heavy atom. The molecule has 0 aliphatic carbocycles. The number of carboxylic acids is 1. The van der Waals surface area contributed by atoms with Crippen LogP contribution in [0.3, 0.4) is 0 Å². The third-order valence-corrected chi connectivity index (χ3v) is 4.34. The van der Waals surface area contributed by atoms with Crippen molar-refractivity contribution >= 4 is 17.5 Å². The van der Waals surface area contributed by atoms with Crippen LogP contribution in [0.15, 0.2) is 18.3 Å². The molecular formula is C16H20N4O3. The van der Waals surface area contributed by atoms with Gasteiger partial charge >= 0.3 is 5.97 Å². The van der Waals surface area contributed by atoms with Crippen LogP contribution < -0.4 is 0 Å². The Labute approximate surface area is 134 Å². The molecule has 1 fully saturated rings. The highest BCUT2D eigenvalue weighted by Crippen LogP contribution is 2.18. The van der Waals surface area contributed by atoms with Crippen LogP contribution in [0.1, 0.15) is 28.7 Å². The fraction of sp³-hybridized carbons (Fsp3) is 0.438. The summed E-state index contributed by atoms with van der Waals surface area (Å²) in [6.45, 7) is 6.82. The molecule has 2 aromatic rings. The largest absolute Gasteiger partial charge is 0.476 e. The quantitative estimate of drug-likeness (QED) is 0.914. The van der Waals surface area contributed by atoms with Gasteiger partial charge in [-0.3, -0.25) is 9.69 Å². The van der Waals surface area contributed by atoms with Crippen molar-refractivity contribution in [3.63, 3.8) is 0 Å². The van der Waals surface area contributed by atoms with Gasteiger partial charge in [0.05, 0.1) is 5.69 Å². The van der Waals surface area contributed by atoms with Gasteiger partial charge in [0.2, 0.25) is 5.91 Å². The number of hydrogen-bond acceptors (Lipinski definition) is 4. The normalized spacial score (nSPS) is 16.0. The molecule has 0 atom stereocenters. The lowest BCUT2D eigenvalue weighted by molar-refractivity contribution is -0.130. The van der Waals surface area contributed by atoms with E-state index < -0.39 is 5.97 Å². The van der Waals surface area contributed by atoms with Crippen molar-refractivity contribution < 1.29 is 14.7 Å². The first-order chi connectivity index (χ1) is 11.0. The number of nitrogens with zero attached hydrogens (tertiary/aromatic N) is 4. The molecule has 2 aromatic heterocycles. The first-order valence-corrected chi connectivity index (χ1v) is 7.65. The molecule has 7 heteroatoms. The fourth-order valence-corrected chi connectivity index (χ4v) is 3.01. The van der Waals surface area contributed by atoms with E-state index in [1.165, 1.54) is 0 Å². The molecule has 0 bridgehead atoms. The number of carbonyl (C=O) groups excluding carboxylic acids is 1. The van der Waals surface area contributed by atoms with Gasteiger partial charge in [0, 0.05) is 45.8 Å². The Hall–Kier alpha value is -2.41. The van der Waals surface area contributed by atoms with Crippen LogP contribution >= 0.6 is 0 Å². The Morgan fingerprint density at radius 1 is 1.26 bits per heavy atom. The predicted molar refractivity (Wildman–Crippen MR) is 84.4 cm³/mol. The molecule has 1 aliphatic rings. The molecule has 1 saturated heterocycles. The highest BCUT2D eigenvalue weighted by molar-refractivity contribution is 5.88. The molecule has 0 spiro atoms. The Bertz CT molecular complexity index is 760.